The van der Waals surface area contributed by atoms with Crippen molar-refractivity contribution >= 4 is 33.2 Å². The van der Waals surface area contributed by atoms with Crippen LogP contribution in [0.5, 0.6) is 0 Å². The Morgan fingerprint density at radius 3 is 2.10 bits per heavy atom. The first-order valence-corrected chi connectivity index (χ1v) is 11.3. The van der Waals surface area contributed by atoms with Gasteiger partial charge in [0.2, 0.25) is 15.9 Å². The molecule has 0 radical (unpaired) electrons. The van der Waals surface area contributed by atoms with E-state index in [0.717, 1.165) is 31.5 Å². The highest BCUT2D eigenvalue weighted by Crippen LogP contribution is 2.16. The highest BCUT2D eigenvalue weighted by atomic mass is 32.2. The number of hydrogen-bond donors (Lipinski definition) is 2. The fourth-order valence-electron chi connectivity index (χ4n) is 3.10. The van der Waals surface area contributed by atoms with Crippen molar-refractivity contribution in [1.29, 1.82) is 0 Å². The van der Waals surface area contributed by atoms with E-state index in [-0.39, 0.29) is 17.6 Å². The van der Waals surface area contributed by atoms with Crippen molar-refractivity contribution in [2.24, 2.45) is 0 Å². The van der Waals surface area contributed by atoms with Gasteiger partial charge in [-0.25, -0.2) is 8.42 Å². The first-order chi connectivity index (χ1) is 13.9. The first-order valence-electron chi connectivity index (χ1n) is 9.65. The zero-order valence-electron chi connectivity index (χ0n) is 16.3. The quantitative estimate of drug-likeness (QED) is 0.727. The van der Waals surface area contributed by atoms with Gasteiger partial charge in [-0.15, -0.1) is 0 Å². The zero-order chi connectivity index (χ0) is 20.9. The minimum Gasteiger partial charge on any atom is -0.342 e. The Kier molecular flexibility index (Phi) is 6.53. The molecule has 7 nitrogen and oxygen atoms in total. The molecule has 8 heteroatoms. The van der Waals surface area contributed by atoms with Crippen molar-refractivity contribution in [2.75, 3.05) is 28.9 Å². The number of carbonyl (C=O) groups is 2. The zero-order valence-corrected chi connectivity index (χ0v) is 17.2. The lowest BCUT2D eigenvalue weighted by molar-refractivity contribution is -0.129. The van der Waals surface area contributed by atoms with E-state index in [0.29, 0.717) is 23.4 Å². The monoisotopic (exact) mass is 415 g/mol. The van der Waals surface area contributed by atoms with Crippen LogP contribution in [-0.2, 0) is 21.2 Å². The number of sulfonamides is 1. The molecular formula is C21H25N3O4S. The van der Waals surface area contributed by atoms with Crippen LogP contribution in [0.4, 0.5) is 11.4 Å². The molecule has 29 heavy (non-hydrogen) atoms. The van der Waals surface area contributed by atoms with Gasteiger partial charge in [0.05, 0.1) is 12.2 Å². The van der Waals surface area contributed by atoms with Gasteiger partial charge in [-0.2, -0.15) is 0 Å². The maximum Gasteiger partial charge on any atom is 0.255 e. The van der Waals surface area contributed by atoms with Crippen LogP contribution in [0.1, 0.15) is 35.7 Å². The minimum atomic E-state index is -3.35. The Labute approximate surface area is 171 Å². The Bertz CT molecular complexity index is 964. The third-order valence-corrected chi connectivity index (χ3v) is 6.13. The molecule has 154 valence electrons. The smallest absolute Gasteiger partial charge is 0.255 e. The van der Waals surface area contributed by atoms with Crippen molar-refractivity contribution in [3.8, 4) is 0 Å². The molecule has 1 saturated heterocycles. The third kappa shape index (κ3) is 5.80. The average molecular weight is 416 g/mol. The van der Waals surface area contributed by atoms with Crippen molar-refractivity contribution < 1.29 is 18.0 Å². The van der Waals surface area contributed by atoms with Crippen LogP contribution in [0.15, 0.2) is 48.5 Å². The second-order valence-corrected chi connectivity index (χ2v) is 9.01. The molecule has 1 fully saturated rings. The topological polar surface area (TPSA) is 95.6 Å². The van der Waals surface area contributed by atoms with Crippen LogP contribution in [0.25, 0.3) is 0 Å². The summed E-state index contributed by atoms with van der Waals surface area (Å²) in [5, 5.41) is 2.80. The van der Waals surface area contributed by atoms with Crippen LogP contribution < -0.4 is 10.0 Å². The van der Waals surface area contributed by atoms with E-state index in [1.807, 2.05) is 17.0 Å². The number of nitrogens with zero attached hydrogens (tertiary/aromatic N) is 1. The normalized spacial score (nSPS) is 13.9. The second-order valence-electron chi connectivity index (χ2n) is 7.00. The predicted molar refractivity (Wildman–Crippen MR) is 113 cm³/mol. The molecule has 2 amide bonds. The van der Waals surface area contributed by atoms with Crippen LogP contribution in [0.2, 0.25) is 0 Å². The Balaban J connectivity index is 1.56. The number of benzene rings is 2. The molecule has 0 spiro atoms. The molecule has 0 saturated carbocycles. The van der Waals surface area contributed by atoms with Crippen LogP contribution in [0, 0.1) is 0 Å². The SMILES string of the molecule is CCS(=O)(=O)Nc1ccc(C(=O)Nc2ccc(CC(=O)N3CCCC3)cc2)cc1. The molecule has 0 atom stereocenters. The van der Waals surface area contributed by atoms with Gasteiger partial charge in [0.25, 0.3) is 5.91 Å². The summed E-state index contributed by atoms with van der Waals surface area (Å²) in [4.78, 5) is 26.5. The van der Waals surface area contributed by atoms with Crippen LogP contribution in [0.3, 0.4) is 0 Å². The van der Waals surface area contributed by atoms with E-state index in [2.05, 4.69) is 10.0 Å². The Hall–Kier alpha value is -2.87. The van der Waals surface area contributed by atoms with Crippen molar-refractivity contribution in [3.05, 3.63) is 59.7 Å². The van der Waals surface area contributed by atoms with Crippen molar-refractivity contribution in [2.45, 2.75) is 26.2 Å². The van der Waals surface area contributed by atoms with E-state index < -0.39 is 10.0 Å². The number of rotatable bonds is 7. The van der Waals surface area contributed by atoms with E-state index in [1.54, 1.807) is 43.3 Å². The van der Waals surface area contributed by atoms with Gasteiger partial charge in [0, 0.05) is 30.0 Å². The molecule has 1 heterocycles. The highest BCUT2D eigenvalue weighted by Gasteiger charge is 2.18. The van der Waals surface area contributed by atoms with Crippen molar-refractivity contribution in [3.63, 3.8) is 0 Å². The lowest BCUT2D eigenvalue weighted by Crippen LogP contribution is -2.29. The van der Waals surface area contributed by atoms with Gasteiger partial charge in [-0.1, -0.05) is 12.1 Å². The average Bonchev–Trinajstić information content (AvgIpc) is 3.25. The molecule has 0 bridgehead atoms. The van der Waals surface area contributed by atoms with Crippen LogP contribution >= 0.6 is 0 Å². The maximum atomic E-state index is 12.4. The summed E-state index contributed by atoms with van der Waals surface area (Å²) in [6.07, 6.45) is 2.51. The fraction of sp³-hybridized carbons (Fsp3) is 0.333. The van der Waals surface area contributed by atoms with E-state index >= 15 is 0 Å². The van der Waals surface area contributed by atoms with Gasteiger partial charge in [-0.05, 0) is 61.7 Å². The molecule has 2 aromatic carbocycles. The number of amides is 2. The summed E-state index contributed by atoms with van der Waals surface area (Å²) < 4.78 is 25.6. The summed E-state index contributed by atoms with van der Waals surface area (Å²) in [5.41, 5.74) is 2.36. The van der Waals surface area contributed by atoms with Gasteiger partial charge in [0.1, 0.15) is 0 Å². The standard InChI is InChI=1S/C21H25N3O4S/c1-2-29(27,28)23-19-11-7-17(8-12-19)21(26)22-18-9-5-16(6-10-18)15-20(25)24-13-3-4-14-24/h5-12,23H,2-4,13-15H2,1H3,(H,22,26). The molecule has 3 rings (SSSR count). The fourth-order valence-corrected chi connectivity index (χ4v) is 3.74. The van der Waals surface area contributed by atoms with Gasteiger partial charge < -0.3 is 10.2 Å². The summed E-state index contributed by atoms with van der Waals surface area (Å²) >= 11 is 0. The molecule has 1 aliphatic heterocycles. The summed E-state index contributed by atoms with van der Waals surface area (Å²) in [6, 6.07) is 13.4. The maximum absolute atomic E-state index is 12.4. The highest BCUT2D eigenvalue weighted by molar-refractivity contribution is 7.92. The Morgan fingerprint density at radius 1 is 0.931 bits per heavy atom. The molecule has 2 N–H and O–H groups in total. The number of likely N-dealkylation sites (tertiary alicyclic amines) is 1. The minimum absolute atomic E-state index is 0.0190. The molecule has 1 aliphatic rings. The summed E-state index contributed by atoms with van der Waals surface area (Å²) in [5.74, 6) is -0.177. The summed E-state index contributed by atoms with van der Waals surface area (Å²) in [6.45, 7) is 3.23. The van der Waals surface area contributed by atoms with E-state index in [4.69, 9.17) is 0 Å². The molecule has 0 unspecified atom stereocenters. The predicted octanol–water partition coefficient (Wildman–Crippen LogP) is 2.87. The largest absolute Gasteiger partial charge is 0.342 e. The Morgan fingerprint density at radius 2 is 1.52 bits per heavy atom. The number of hydrogen-bond acceptors (Lipinski definition) is 4. The lowest BCUT2D eigenvalue weighted by Gasteiger charge is -2.15. The molecular weight excluding hydrogens is 390 g/mol. The first kappa shape index (κ1) is 20.9. The summed E-state index contributed by atoms with van der Waals surface area (Å²) in [7, 11) is -3.35. The van der Waals surface area contributed by atoms with Gasteiger partial charge in [-0.3, -0.25) is 14.3 Å². The van der Waals surface area contributed by atoms with E-state index in [1.165, 1.54) is 0 Å². The number of nitrogens with one attached hydrogen (secondary N) is 2. The van der Waals surface area contributed by atoms with Crippen molar-refractivity contribution in [1.82, 2.24) is 4.90 Å². The van der Waals surface area contributed by atoms with E-state index in [9.17, 15) is 18.0 Å². The number of carbonyl (C=O) groups excluding carboxylic acids is 2. The molecule has 0 aromatic heterocycles. The van der Waals surface area contributed by atoms with Gasteiger partial charge >= 0.3 is 0 Å². The van der Waals surface area contributed by atoms with Crippen LogP contribution in [-0.4, -0.2) is 44.0 Å². The second kappa shape index (κ2) is 9.09. The third-order valence-electron chi connectivity index (χ3n) is 4.83. The lowest BCUT2D eigenvalue weighted by atomic mass is 10.1. The van der Waals surface area contributed by atoms with Gasteiger partial charge in [0.15, 0.2) is 0 Å². The molecule has 0 aliphatic carbocycles. The number of anilines is 2. The molecule has 2 aromatic rings.